The normalized spacial score (nSPS) is 17.2. The van der Waals surface area contributed by atoms with Gasteiger partial charge in [-0.05, 0) is 49.2 Å². The molecule has 3 aromatic rings. The van der Waals surface area contributed by atoms with Gasteiger partial charge in [-0.1, -0.05) is 11.8 Å². The van der Waals surface area contributed by atoms with Gasteiger partial charge in [0.2, 0.25) is 0 Å². The molecule has 5 nitrogen and oxygen atoms in total. The van der Waals surface area contributed by atoms with Crippen LogP contribution in [0.15, 0.2) is 53.9 Å². The molecule has 1 saturated carbocycles. The van der Waals surface area contributed by atoms with Crippen LogP contribution in [0.1, 0.15) is 19.3 Å². The zero-order valence-corrected chi connectivity index (χ0v) is 14.1. The first-order valence-electron chi connectivity index (χ1n) is 8.03. The van der Waals surface area contributed by atoms with Gasteiger partial charge in [-0.2, -0.15) is 0 Å². The maximum atomic E-state index is 13.3. The fourth-order valence-corrected chi connectivity index (χ4v) is 4.07. The quantitative estimate of drug-likeness (QED) is 0.715. The van der Waals surface area contributed by atoms with Crippen molar-refractivity contribution < 1.29 is 9.18 Å². The van der Waals surface area contributed by atoms with Crippen LogP contribution in [-0.4, -0.2) is 30.8 Å². The summed E-state index contributed by atoms with van der Waals surface area (Å²) in [6.07, 6.45) is 5.76. The van der Waals surface area contributed by atoms with E-state index in [0.717, 1.165) is 24.1 Å². The van der Waals surface area contributed by atoms with Crippen LogP contribution in [-0.2, 0) is 4.79 Å². The fraction of sp³-hybridized carbons (Fsp3) is 0.222. The highest BCUT2D eigenvalue weighted by molar-refractivity contribution is 8.00. The lowest BCUT2D eigenvalue weighted by Gasteiger charge is -2.12. The maximum Gasteiger partial charge on any atom is 0.196 e. The van der Waals surface area contributed by atoms with Crippen molar-refractivity contribution in [2.24, 2.45) is 0 Å². The third-order valence-corrected chi connectivity index (χ3v) is 5.41. The van der Waals surface area contributed by atoms with Crippen molar-refractivity contribution in [3.63, 3.8) is 0 Å². The van der Waals surface area contributed by atoms with Crippen LogP contribution >= 0.6 is 11.8 Å². The Balaban J connectivity index is 1.80. The number of carbonyl (C=O) groups excluding carboxylic acids is 1. The SMILES string of the molecule is O=C1CCC[C@H]1Sc1nnc(-c2ccncc2)n1-c1ccc(F)cc1. The Hall–Kier alpha value is -2.54. The Labute approximate surface area is 148 Å². The second-order valence-corrected chi connectivity index (χ2v) is 6.99. The molecule has 0 spiro atoms. The second-order valence-electron chi connectivity index (χ2n) is 5.82. The molecule has 0 aliphatic heterocycles. The second kappa shape index (κ2) is 6.76. The number of pyridine rings is 1. The van der Waals surface area contributed by atoms with Gasteiger partial charge in [0.1, 0.15) is 11.6 Å². The summed E-state index contributed by atoms with van der Waals surface area (Å²) < 4.78 is 15.2. The number of rotatable bonds is 4. The lowest BCUT2D eigenvalue weighted by atomic mass is 10.2. The topological polar surface area (TPSA) is 60.7 Å². The minimum Gasteiger partial charge on any atom is -0.298 e. The standard InChI is InChI=1S/C18H15FN4OS/c19-13-4-6-14(7-5-13)23-17(12-8-10-20-11-9-12)21-22-18(23)25-16-3-1-2-15(16)24/h4-11,16H,1-3H2/t16-/m1/s1. The van der Waals surface area contributed by atoms with E-state index in [9.17, 15) is 9.18 Å². The summed E-state index contributed by atoms with van der Waals surface area (Å²) in [7, 11) is 0. The molecule has 0 radical (unpaired) electrons. The summed E-state index contributed by atoms with van der Waals surface area (Å²) >= 11 is 1.43. The Morgan fingerprint density at radius 2 is 1.84 bits per heavy atom. The van der Waals surface area contributed by atoms with Gasteiger partial charge in [0.15, 0.2) is 11.0 Å². The van der Waals surface area contributed by atoms with Gasteiger partial charge >= 0.3 is 0 Å². The van der Waals surface area contributed by atoms with Crippen molar-refractivity contribution >= 4 is 17.5 Å². The van der Waals surface area contributed by atoms with E-state index in [4.69, 9.17) is 0 Å². The smallest absolute Gasteiger partial charge is 0.196 e. The Morgan fingerprint density at radius 1 is 1.08 bits per heavy atom. The number of aromatic nitrogens is 4. The van der Waals surface area contributed by atoms with E-state index in [1.165, 1.54) is 23.9 Å². The number of thioether (sulfide) groups is 1. The molecule has 7 heteroatoms. The lowest BCUT2D eigenvalue weighted by molar-refractivity contribution is -0.116. The molecule has 25 heavy (non-hydrogen) atoms. The monoisotopic (exact) mass is 354 g/mol. The molecule has 4 rings (SSSR count). The first kappa shape index (κ1) is 16.0. The molecule has 2 heterocycles. The summed E-state index contributed by atoms with van der Waals surface area (Å²) in [5.74, 6) is 0.591. The predicted octanol–water partition coefficient (Wildman–Crippen LogP) is 3.68. The molecule has 1 fully saturated rings. The van der Waals surface area contributed by atoms with Crippen LogP contribution < -0.4 is 0 Å². The summed E-state index contributed by atoms with van der Waals surface area (Å²) in [6.45, 7) is 0. The zero-order valence-electron chi connectivity index (χ0n) is 13.3. The van der Waals surface area contributed by atoms with E-state index in [1.807, 2.05) is 16.7 Å². The van der Waals surface area contributed by atoms with Gasteiger partial charge in [0.25, 0.3) is 0 Å². The largest absolute Gasteiger partial charge is 0.298 e. The summed E-state index contributed by atoms with van der Waals surface area (Å²) in [5.41, 5.74) is 1.61. The van der Waals surface area contributed by atoms with Crippen molar-refractivity contribution in [1.29, 1.82) is 0 Å². The number of hydrogen-bond donors (Lipinski definition) is 0. The van der Waals surface area contributed by atoms with Gasteiger partial charge < -0.3 is 0 Å². The van der Waals surface area contributed by atoms with Gasteiger partial charge in [-0.3, -0.25) is 14.3 Å². The number of halogens is 1. The zero-order chi connectivity index (χ0) is 17.2. The number of hydrogen-bond acceptors (Lipinski definition) is 5. The molecule has 0 bridgehead atoms. The van der Waals surface area contributed by atoms with E-state index in [1.54, 1.807) is 24.5 Å². The minimum atomic E-state index is -0.303. The van der Waals surface area contributed by atoms with E-state index in [0.29, 0.717) is 17.4 Å². The molecule has 1 atom stereocenters. The van der Waals surface area contributed by atoms with Crippen LogP contribution in [0.5, 0.6) is 0 Å². The van der Waals surface area contributed by atoms with Crippen LogP contribution in [0.3, 0.4) is 0 Å². The summed E-state index contributed by atoms with van der Waals surface area (Å²) in [4.78, 5) is 16.0. The van der Waals surface area contributed by atoms with Gasteiger partial charge in [-0.25, -0.2) is 4.39 Å². The highest BCUT2D eigenvalue weighted by Gasteiger charge is 2.28. The predicted molar refractivity (Wildman–Crippen MR) is 93.1 cm³/mol. The van der Waals surface area contributed by atoms with Crippen molar-refractivity contribution in [1.82, 2.24) is 19.7 Å². The molecule has 0 N–H and O–H groups in total. The van der Waals surface area contributed by atoms with Gasteiger partial charge in [-0.15, -0.1) is 10.2 Å². The first-order chi connectivity index (χ1) is 12.2. The molecular formula is C18H15FN4OS. The van der Waals surface area contributed by atoms with Gasteiger partial charge in [0.05, 0.1) is 5.25 Å². The number of benzene rings is 1. The highest BCUT2D eigenvalue weighted by Crippen LogP contribution is 2.35. The van der Waals surface area contributed by atoms with Crippen LogP contribution in [0, 0.1) is 5.82 Å². The lowest BCUT2D eigenvalue weighted by Crippen LogP contribution is -2.10. The number of carbonyl (C=O) groups is 1. The molecule has 0 unspecified atom stereocenters. The van der Waals surface area contributed by atoms with E-state index < -0.39 is 0 Å². The van der Waals surface area contributed by atoms with Crippen molar-refractivity contribution in [3.8, 4) is 17.1 Å². The molecule has 2 aromatic heterocycles. The van der Waals surface area contributed by atoms with Crippen LogP contribution in [0.4, 0.5) is 4.39 Å². The van der Waals surface area contributed by atoms with E-state index >= 15 is 0 Å². The molecule has 1 aliphatic carbocycles. The van der Waals surface area contributed by atoms with Crippen molar-refractivity contribution in [2.45, 2.75) is 29.7 Å². The average molecular weight is 354 g/mol. The van der Waals surface area contributed by atoms with E-state index in [2.05, 4.69) is 15.2 Å². The third-order valence-electron chi connectivity index (χ3n) is 4.15. The number of nitrogens with zero attached hydrogens (tertiary/aromatic N) is 4. The van der Waals surface area contributed by atoms with Crippen LogP contribution in [0.25, 0.3) is 17.1 Å². The Kier molecular flexibility index (Phi) is 4.31. The summed E-state index contributed by atoms with van der Waals surface area (Å²) in [5, 5.41) is 9.16. The molecule has 0 amide bonds. The van der Waals surface area contributed by atoms with Crippen molar-refractivity contribution in [2.75, 3.05) is 0 Å². The third kappa shape index (κ3) is 3.19. The average Bonchev–Trinajstić information content (AvgIpc) is 3.24. The molecular weight excluding hydrogens is 339 g/mol. The Bertz CT molecular complexity index is 895. The van der Waals surface area contributed by atoms with E-state index in [-0.39, 0.29) is 16.9 Å². The van der Waals surface area contributed by atoms with Crippen molar-refractivity contribution in [3.05, 3.63) is 54.6 Å². The van der Waals surface area contributed by atoms with Crippen LogP contribution in [0.2, 0.25) is 0 Å². The molecule has 1 aliphatic rings. The summed E-state index contributed by atoms with van der Waals surface area (Å²) in [6, 6.07) is 9.87. The highest BCUT2D eigenvalue weighted by atomic mass is 32.2. The fourth-order valence-electron chi connectivity index (χ4n) is 2.89. The number of Topliss-reactive ketones (excluding diaryl/α,β-unsaturated/α-hetero) is 1. The maximum absolute atomic E-state index is 13.3. The first-order valence-corrected chi connectivity index (χ1v) is 8.91. The molecule has 1 aromatic carbocycles. The minimum absolute atomic E-state index is 0.0892. The molecule has 126 valence electrons. The number of ketones is 1. The molecule has 0 saturated heterocycles. The Morgan fingerprint density at radius 3 is 2.52 bits per heavy atom. The van der Waals surface area contributed by atoms with Gasteiger partial charge in [0, 0.05) is 30.1 Å².